The van der Waals surface area contributed by atoms with E-state index in [1.165, 1.54) is 26.2 Å². The maximum absolute atomic E-state index is 11.2. The summed E-state index contributed by atoms with van der Waals surface area (Å²) < 4.78 is 4.72. The fraction of sp³-hybridized carbons (Fsp3) is 0.308. The zero-order chi connectivity index (χ0) is 13.7. The predicted octanol–water partition coefficient (Wildman–Crippen LogP) is 0.275. The molecule has 0 bridgehead atoms. The molecule has 0 fully saturated rings. The van der Waals surface area contributed by atoms with Crippen LogP contribution < -0.4 is 5.11 Å². The molecule has 1 atom stereocenters. The van der Waals surface area contributed by atoms with Gasteiger partial charge in [-0.2, -0.15) is 0 Å². The number of Topliss-reactive ketones (excluding diaryl/α,β-unsaturated/α-hetero) is 1. The van der Waals surface area contributed by atoms with Crippen molar-refractivity contribution in [1.82, 2.24) is 0 Å². The van der Waals surface area contributed by atoms with E-state index in [2.05, 4.69) is 0 Å². The normalized spacial score (nSPS) is 20.4. The summed E-state index contributed by atoms with van der Waals surface area (Å²) in [5.41, 5.74) is 0.894. The molecule has 1 aliphatic rings. The molecular weight excluding hydrogens is 236 g/mol. The van der Waals surface area contributed by atoms with Crippen molar-refractivity contribution in [2.75, 3.05) is 0 Å². The Hall–Kier alpha value is -2.17. The first kappa shape index (κ1) is 13.9. The number of esters is 1. The lowest BCUT2D eigenvalue weighted by atomic mass is 9.88. The minimum atomic E-state index is -1.21. The van der Waals surface area contributed by atoms with Gasteiger partial charge >= 0.3 is 5.97 Å². The van der Waals surface area contributed by atoms with Crippen molar-refractivity contribution in [1.29, 1.82) is 0 Å². The van der Waals surface area contributed by atoms with Crippen LogP contribution in [0.15, 0.2) is 35.6 Å². The van der Waals surface area contributed by atoms with Crippen molar-refractivity contribution in [3.8, 4) is 0 Å². The van der Waals surface area contributed by atoms with Gasteiger partial charge in [0.15, 0.2) is 5.78 Å². The molecule has 5 heteroatoms. The van der Waals surface area contributed by atoms with Crippen LogP contribution >= 0.6 is 0 Å². The van der Waals surface area contributed by atoms with E-state index < -0.39 is 17.9 Å². The summed E-state index contributed by atoms with van der Waals surface area (Å²) in [5.74, 6) is -2.33. The van der Waals surface area contributed by atoms with Gasteiger partial charge in [0, 0.05) is 24.4 Å². The topological polar surface area (TPSA) is 83.5 Å². The fourth-order valence-electron chi connectivity index (χ4n) is 1.52. The number of carboxylic acids is 1. The van der Waals surface area contributed by atoms with E-state index in [9.17, 15) is 19.5 Å². The number of carbonyl (C=O) groups excluding carboxylic acids is 3. The van der Waals surface area contributed by atoms with Crippen LogP contribution in [0.5, 0.6) is 0 Å². The molecule has 0 aromatic carbocycles. The van der Waals surface area contributed by atoms with Gasteiger partial charge < -0.3 is 14.6 Å². The highest BCUT2D eigenvalue weighted by atomic mass is 16.5. The van der Waals surface area contributed by atoms with Gasteiger partial charge in [0.1, 0.15) is 0 Å². The van der Waals surface area contributed by atoms with Gasteiger partial charge in [-0.3, -0.25) is 9.59 Å². The molecule has 1 aliphatic carbocycles. The van der Waals surface area contributed by atoms with Crippen LogP contribution in [0, 0.1) is 5.92 Å². The number of rotatable bonds is 4. The summed E-state index contributed by atoms with van der Waals surface area (Å²) in [7, 11) is 0. The van der Waals surface area contributed by atoms with Crippen molar-refractivity contribution < 1.29 is 24.2 Å². The second kappa shape index (κ2) is 5.95. The molecular formula is C13H13O5-. The van der Waals surface area contributed by atoms with Crippen LogP contribution in [0.1, 0.15) is 20.3 Å². The lowest BCUT2D eigenvalue weighted by Crippen LogP contribution is -2.25. The van der Waals surface area contributed by atoms with Crippen molar-refractivity contribution in [3.63, 3.8) is 0 Å². The Morgan fingerprint density at radius 3 is 2.56 bits per heavy atom. The van der Waals surface area contributed by atoms with Crippen LogP contribution in [0.4, 0.5) is 0 Å². The highest BCUT2D eigenvalue weighted by Gasteiger charge is 2.17. The average Bonchev–Trinajstić information content (AvgIpc) is 2.26. The molecule has 0 amide bonds. The fourth-order valence-corrected chi connectivity index (χ4v) is 1.52. The molecule has 0 aliphatic heterocycles. The minimum absolute atomic E-state index is 0.146. The van der Waals surface area contributed by atoms with Crippen molar-refractivity contribution in [2.45, 2.75) is 20.3 Å². The molecule has 96 valence electrons. The lowest BCUT2D eigenvalue weighted by Gasteiger charge is -2.19. The van der Waals surface area contributed by atoms with Crippen LogP contribution in [0.25, 0.3) is 0 Å². The zero-order valence-electron chi connectivity index (χ0n) is 10.1. The summed E-state index contributed by atoms with van der Waals surface area (Å²) in [6.45, 7) is 2.64. The molecule has 1 unspecified atom stereocenters. The first-order valence-electron chi connectivity index (χ1n) is 5.38. The highest BCUT2D eigenvalue weighted by molar-refractivity contribution is 5.97. The van der Waals surface area contributed by atoms with Crippen LogP contribution in [-0.4, -0.2) is 17.7 Å². The van der Waals surface area contributed by atoms with E-state index in [1.807, 2.05) is 0 Å². The van der Waals surface area contributed by atoms with Gasteiger partial charge in [0.2, 0.25) is 0 Å². The number of allylic oxidation sites excluding steroid dienone is 5. The van der Waals surface area contributed by atoms with Crippen LogP contribution in [0.2, 0.25) is 0 Å². The van der Waals surface area contributed by atoms with Gasteiger partial charge in [-0.15, -0.1) is 0 Å². The summed E-state index contributed by atoms with van der Waals surface area (Å²) in [6.07, 6.45) is 5.59. The highest BCUT2D eigenvalue weighted by Crippen LogP contribution is 2.25. The van der Waals surface area contributed by atoms with Crippen molar-refractivity contribution in [2.24, 2.45) is 5.92 Å². The SMILES string of the molecule is CC(=O)OC=C1C=C(C(C)=O)C=CC1CC(=O)[O-]. The third kappa shape index (κ3) is 4.01. The molecule has 18 heavy (non-hydrogen) atoms. The molecule has 5 nitrogen and oxygen atoms in total. The number of hydrogen-bond donors (Lipinski definition) is 0. The molecule has 0 saturated heterocycles. The maximum Gasteiger partial charge on any atom is 0.307 e. The monoisotopic (exact) mass is 249 g/mol. The molecule has 0 spiro atoms. The Morgan fingerprint density at radius 2 is 2.06 bits per heavy atom. The van der Waals surface area contributed by atoms with Gasteiger partial charge in [-0.25, -0.2) is 0 Å². The first-order valence-corrected chi connectivity index (χ1v) is 5.38. The molecule has 0 aromatic heterocycles. The van der Waals surface area contributed by atoms with Crippen LogP contribution in [0.3, 0.4) is 0 Å². The Morgan fingerprint density at radius 1 is 1.39 bits per heavy atom. The van der Waals surface area contributed by atoms with Gasteiger partial charge in [0.25, 0.3) is 0 Å². The van der Waals surface area contributed by atoms with Gasteiger partial charge in [0.05, 0.1) is 6.26 Å². The average molecular weight is 249 g/mol. The third-order valence-corrected chi connectivity index (χ3v) is 2.41. The number of carboxylic acid groups (broad SMARTS) is 1. The maximum atomic E-state index is 11.2. The largest absolute Gasteiger partial charge is 0.550 e. The Balaban J connectivity index is 2.97. The standard InChI is InChI=1S/C13H14O5/c1-8(14)10-3-4-11(6-13(16)17)12(5-10)7-18-9(2)15/h3-5,7,11H,6H2,1-2H3,(H,16,17)/p-1. The van der Waals surface area contributed by atoms with E-state index in [1.54, 1.807) is 12.2 Å². The summed E-state index contributed by atoms with van der Waals surface area (Å²) in [4.78, 5) is 32.6. The second-order valence-corrected chi connectivity index (χ2v) is 3.92. The summed E-state index contributed by atoms with van der Waals surface area (Å²) >= 11 is 0. The first-order chi connectivity index (χ1) is 8.40. The molecule has 0 aromatic rings. The lowest BCUT2D eigenvalue weighted by molar-refractivity contribution is -0.306. The number of aliphatic carboxylic acids is 1. The van der Waals surface area contributed by atoms with E-state index in [4.69, 9.17) is 4.74 Å². The molecule has 0 saturated carbocycles. The van der Waals surface area contributed by atoms with Crippen LogP contribution in [-0.2, 0) is 19.1 Å². The Kier molecular flexibility index (Phi) is 4.59. The molecule has 0 heterocycles. The number of hydrogen-bond acceptors (Lipinski definition) is 5. The summed E-state index contributed by atoms with van der Waals surface area (Å²) in [5, 5.41) is 10.6. The quantitative estimate of drug-likeness (QED) is 0.527. The second-order valence-electron chi connectivity index (χ2n) is 3.92. The van der Waals surface area contributed by atoms with Gasteiger partial charge in [-0.1, -0.05) is 12.2 Å². The summed E-state index contributed by atoms with van der Waals surface area (Å²) in [6, 6.07) is 0. The van der Waals surface area contributed by atoms with Crippen molar-refractivity contribution >= 4 is 17.7 Å². The molecule has 0 radical (unpaired) electrons. The smallest absolute Gasteiger partial charge is 0.307 e. The number of carbonyl (C=O) groups is 3. The molecule has 0 N–H and O–H groups in total. The van der Waals surface area contributed by atoms with E-state index in [-0.39, 0.29) is 12.2 Å². The Labute approximate surface area is 104 Å². The number of ether oxygens (including phenoxy) is 1. The van der Waals surface area contributed by atoms with E-state index >= 15 is 0 Å². The molecule has 1 rings (SSSR count). The number of ketones is 1. The third-order valence-electron chi connectivity index (χ3n) is 2.41. The van der Waals surface area contributed by atoms with Crippen molar-refractivity contribution in [3.05, 3.63) is 35.6 Å². The zero-order valence-corrected chi connectivity index (χ0v) is 10.1. The van der Waals surface area contributed by atoms with E-state index in [0.717, 1.165) is 0 Å². The van der Waals surface area contributed by atoms with Gasteiger partial charge in [-0.05, 0) is 25.0 Å². The predicted molar refractivity (Wildman–Crippen MR) is 60.9 cm³/mol. The minimum Gasteiger partial charge on any atom is -0.550 e. The van der Waals surface area contributed by atoms with E-state index in [0.29, 0.717) is 11.1 Å². The Bertz CT molecular complexity index is 468.